The second kappa shape index (κ2) is 4.11. The van der Waals surface area contributed by atoms with E-state index in [0.717, 1.165) is 5.56 Å². The molecule has 1 rings (SSSR count). The van der Waals surface area contributed by atoms with Crippen LogP contribution in [0, 0.1) is 11.8 Å². The summed E-state index contributed by atoms with van der Waals surface area (Å²) in [5.74, 6) is 5.93. The van der Waals surface area contributed by atoms with Crippen molar-refractivity contribution in [3.8, 4) is 11.8 Å². The van der Waals surface area contributed by atoms with Crippen LogP contribution >= 0.6 is 0 Å². The Morgan fingerprint density at radius 1 is 1.23 bits per heavy atom. The molecule has 0 aliphatic rings. The van der Waals surface area contributed by atoms with E-state index in [9.17, 15) is 5.11 Å². The van der Waals surface area contributed by atoms with Crippen LogP contribution in [0.1, 0.15) is 25.8 Å². The van der Waals surface area contributed by atoms with Crippen LogP contribution in [0.15, 0.2) is 30.3 Å². The number of benzene rings is 1. The average molecular weight is 174 g/mol. The molecule has 13 heavy (non-hydrogen) atoms. The summed E-state index contributed by atoms with van der Waals surface area (Å²) in [5, 5.41) is 9.39. The molecular weight excluding hydrogens is 160 g/mol. The van der Waals surface area contributed by atoms with Crippen LogP contribution in [-0.4, -0.2) is 10.7 Å². The van der Waals surface area contributed by atoms with E-state index in [-0.39, 0.29) is 0 Å². The van der Waals surface area contributed by atoms with Gasteiger partial charge in [0.25, 0.3) is 0 Å². The van der Waals surface area contributed by atoms with Crippen molar-refractivity contribution in [1.82, 2.24) is 0 Å². The first-order chi connectivity index (χ1) is 6.08. The molecule has 1 aromatic rings. The van der Waals surface area contributed by atoms with Gasteiger partial charge < -0.3 is 5.11 Å². The van der Waals surface area contributed by atoms with Crippen LogP contribution in [0.5, 0.6) is 0 Å². The lowest BCUT2D eigenvalue weighted by Crippen LogP contribution is -2.16. The third kappa shape index (κ3) is 4.35. The fourth-order valence-corrected chi connectivity index (χ4v) is 0.884. The predicted octanol–water partition coefficient (Wildman–Crippen LogP) is 2.20. The van der Waals surface area contributed by atoms with E-state index >= 15 is 0 Å². The Bertz CT molecular complexity index is 308. The van der Waals surface area contributed by atoms with Crippen LogP contribution in [-0.2, 0) is 0 Å². The highest BCUT2D eigenvalue weighted by Crippen LogP contribution is 2.05. The van der Waals surface area contributed by atoms with E-state index in [0.29, 0.717) is 6.42 Å². The minimum Gasteiger partial charge on any atom is -0.389 e. The lowest BCUT2D eigenvalue weighted by Gasteiger charge is -2.11. The Kier molecular flexibility index (Phi) is 3.11. The minimum absolute atomic E-state index is 0.502. The van der Waals surface area contributed by atoms with Gasteiger partial charge in [-0.05, 0) is 26.0 Å². The van der Waals surface area contributed by atoms with Crippen LogP contribution < -0.4 is 0 Å². The van der Waals surface area contributed by atoms with Gasteiger partial charge in [-0.25, -0.2) is 0 Å². The van der Waals surface area contributed by atoms with Crippen molar-refractivity contribution < 1.29 is 5.11 Å². The fraction of sp³-hybridized carbons (Fsp3) is 0.333. The van der Waals surface area contributed by atoms with Gasteiger partial charge in [-0.15, -0.1) is 0 Å². The molecule has 0 amide bonds. The SMILES string of the molecule is CC(C)(O)CC#Cc1ccccc1. The van der Waals surface area contributed by atoms with Gasteiger partial charge in [0.1, 0.15) is 0 Å². The summed E-state index contributed by atoms with van der Waals surface area (Å²) in [7, 11) is 0. The standard InChI is InChI=1S/C12H14O/c1-12(2,13)10-6-9-11-7-4-3-5-8-11/h3-5,7-8,13H,10H2,1-2H3. The second-order valence-electron chi connectivity index (χ2n) is 3.66. The number of hydrogen-bond donors (Lipinski definition) is 1. The zero-order valence-electron chi connectivity index (χ0n) is 8.04. The predicted molar refractivity (Wildman–Crippen MR) is 54.2 cm³/mol. The van der Waals surface area contributed by atoms with Gasteiger partial charge in [0.15, 0.2) is 0 Å². The molecule has 1 aromatic carbocycles. The van der Waals surface area contributed by atoms with E-state index in [1.54, 1.807) is 13.8 Å². The van der Waals surface area contributed by atoms with Gasteiger partial charge in [-0.2, -0.15) is 0 Å². The maximum absolute atomic E-state index is 9.39. The molecule has 68 valence electrons. The van der Waals surface area contributed by atoms with Gasteiger partial charge >= 0.3 is 0 Å². The molecule has 0 aliphatic carbocycles. The molecule has 0 heterocycles. The van der Waals surface area contributed by atoms with E-state index in [1.807, 2.05) is 30.3 Å². The van der Waals surface area contributed by atoms with Gasteiger partial charge in [0.05, 0.1) is 5.60 Å². The van der Waals surface area contributed by atoms with Gasteiger partial charge in [0.2, 0.25) is 0 Å². The van der Waals surface area contributed by atoms with E-state index in [2.05, 4.69) is 11.8 Å². The van der Waals surface area contributed by atoms with E-state index < -0.39 is 5.60 Å². The molecule has 1 heteroatoms. The monoisotopic (exact) mass is 174 g/mol. The molecule has 0 atom stereocenters. The molecule has 0 spiro atoms. The lowest BCUT2D eigenvalue weighted by atomic mass is 10.1. The Labute approximate surface area is 79.4 Å². The molecule has 0 saturated carbocycles. The molecular formula is C12H14O. The van der Waals surface area contributed by atoms with Gasteiger partial charge in [0, 0.05) is 12.0 Å². The molecule has 1 nitrogen and oxygen atoms in total. The molecule has 0 unspecified atom stereocenters. The summed E-state index contributed by atoms with van der Waals surface area (Å²) in [5.41, 5.74) is 0.300. The van der Waals surface area contributed by atoms with Crippen molar-refractivity contribution >= 4 is 0 Å². The fourth-order valence-electron chi connectivity index (χ4n) is 0.884. The second-order valence-corrected chi connectivity index (χ2v) is 3.66. The van der Waals surface area contributed by atoms with Crippen molar-refractivity contribution in [3.63, 3.8) is 0 Å². The highest BCUT2D eigenvalue weighted by atomic mass is 16.3. The number of hydrogen-bond acceptors (Lipinski definition) is 1. The lowest BCUT2D eigenvalue weighted by molar-refractivity contribution is 0.0862. The van der Waals surface area contributed by atoms with Crippen LogP contribution in [0.25, 0.3) is 0 Å². The summed E-state index contributed by atoms with van der Waals surface area (Å²) in [4.78, 5) is 0. The Morgan fingerprint density at radius 3 is 2.38 bits per heavy atom. The molecule has 0 saturated heterocycles. The smallest absolute Gasteiger partial charge is 0.0700 e. The topological polar surface area (TPSA) is 20.2 Å². The summed E-state index contributed by atoms with van der Waals surface area (Å²) in [6, 6.07) is 9.78. The molecule has 0 aliphatic heterocycles. The molecule has 0 aromatic heterocycles. The Morgan fingerprint density at radius 2 is 1.85 bits per heavy atom. The average Bonchev–Trinajstić information content (AvgIpc) is 2.04. The number of rotatable bonds is 1. The first-order valence-corrected chi connectivity index (χ1v) is 4.34. The highest BCUT2D eigenvalue weighted by Gasteiger charge is 2.08. The third-order valence-electron chi connectivity index (χ3n) is 1.53. The normalized spacial score (nSPS) is 10.4. The van der Waals surface area contributed by atoms with Crippen LogP contribution in [0.3, 0.4) is 0 Å². The minimum atomic E-state index is -0.693. The van der Waals surface area contributed by atoms with Crippen molar-refractivity contribution in [3.05, 3.63) is 35.9 Å². The van der Waals surface area contributed by atoms with E-state index in [1.165, 1.54) is 0 Å². The van der Waals surface area contributed by atoms with Gasteiger partial charge in [-0.1, -0.05) is 30.0 Å². The molecule has 0 radical (unpaired) electrons. The molecule has 1 N–H and O–H groups in total. The van der Waals surface area contributed by atoms with Crippen molar-refractivity contribution in [2.24, 2.45) is 0 Å². The largest absolute Gasteiger partial charge is 0.389 e. The van der Waals surface area contributed by atoms with Crippen molar-refractivity contribution in [1.29, 1.82) is 0 Å². The zero-order valence-corrected chi connectivity index (χ0v) is 8.04. The number of aliphatic hydroxyl groups is 1. The maximum atomic E-state index is 9.39. The summed E-state index contributed by atoms with van der Waals surface area (Å²) < 4.78 is 0. The first kappa shape index (κ1) is 9.83. The third-order valence-corrected chi connectivity index (χ3v) is 1.53. The first-order valence-electron chi connectivity index (χ1n) is 4.34. The summed E-state index contributed by atoms with van der Waals surface area (Å²) >= 11 is 0. The van der Waals surface area contributed by atoms with Crippen LogP contribution in [0.4, 0.5) is 0 Å². The maximum Gasteiger partial charge on any atom is 0.0700 e. The molecule has 0 bridgehead atoms. The highest BCUT2D eigenvalue weighted by molar-refractivity contribution is 5.33. The Hall–Kier alpha value is -1.26. The summed E-state index contributed by atoms with van der Waals surface area (Å²) in [6.07, 6.45) is 0.502. The quantitative estimate of drug-likeness (QED) is 0.647. The van der Waals surface area contributed by atoms with Crippen LogP contribution in [0.2, 0.25) is 0 Å². The summed E-state index contributed by atoms with van der Waals surface area (Å²) in [6.45, 7) is 3.51. The van der Waals surface area contributed by atoms with Crippen molar-refractivity contribution in [2.45, 2.75) is 25.9 Å². The molecule has 0 fully saturated rings. The Balaban J connectivity index is 2.59. The van der Waals surface area contributed by atoms with Gasteiger partial charge in [-0.3, -0.25) is 0 Å². The zero-order chi connectivity index (χ0) is 9.73. The van der Waals surface area contributed by atoms with Crippen molar-refractivity contribution in [2.75, 3.05) is 0 Å². The van der Waals surface area contributed by atoms with E-state index in [4.69, 9.17) is 0 Å².